The summed E-state index contributed by atoms with van der Waals surface area (Å²) in [7, 11) is 0. The lowest BCUT2D eigenvalue weighted by Gasteiger charge is -2.22. The van der Waals surface area contributed by atoms with Crippen molar-refractivity contribution < 1.29 is 0 Å². The predicted octanol–water partition coefficient (Wildman–Crippen LogP) is 5.09. The van der Waals surface area contributed by atoms with Gasteiger partial charge in [-0.05, 0) is 75.2 Å². The Hall–Kier alpha value is -2.32. The molecule has 0 atom stereocenters. The van der Waals surface area contributed by atoms with Gasteiger partial charge >= 0.3 is 0 Å². The molecule has 6 rings (SSSR count). The van der Waals surface area contributed by atoms with E-state index in [-0.39, 0.29) is 20.7 Å². The second-order valence-electron chi connectivity index (χ2n) is 9.35. The van der Waals surface area contributed by atoms with E-state index >= 15 is 0 Å². The highest BCUT2D eigenvalue weighted by Crippen LogP contribution is 2.28. The first-order chi connectivity index (χ1) is 16.3. The van der Waals surface area contributed by atoms with Gasteiger partial charge < -0.3 is 10.6 Å². The second-order valence-corrected chi connectivity index (χ2v) is 11.9. The molecule has 2 aliphatic carbocycles. The van der Waals surface area contributed by atoms with Gasteiger partial charge in [0.15, 0.2) is 3.84 Å². The number of hydrogen-bond donors (Lipinski definition) is 2. The number of aliphatic imine (C=N–C) groups is 1. The van der Waals surface area contributed by atoms with E-state index < -0.39 is 0 Å². The molecule has 6 heteroatoms. The Bertz CT molecular complexity index is 1260. The van der Waals surface area contributed by atoms with E-state index in [9.17, 15) is 0 Å². The molecule has 0 saturated heterocycles. The Morgan fingerprint density at radius 2 is 1.70 bits per heavy atom. The van der Waals surface area contributed by atoms with E-state index in [0.717, 1.165) is 28.9 Å². The molecule has 1 saturated carbocycles. The number of aromatic nitrogens is 2. The Morgan fingerprint density at radius 3 is 2.45 bits per heavy atom. The van der Waals surface area contributed by atoms with Gasteiger partial charge in [0.2, 0.25) is 0 Å². The number of amidine groups is 1. The maximum atomic E-state index is 4.75. The quantitative estimate of drug-likeness (QED) is 0.344. The Kier molecular flexibility index (Phi) is 6.11. The van der Waals surface area contributed by atoms with Crippen LogP contribution in [0.4, 0.5) is 5.69 Å². The Labute approximate surface area is 204 Å². The van der Waals surface area contributed by atoms with Gasteiger partial charge in [-0.3, -0.25) is 4.68 Å². The fourth-order valence-electron chi connectivity index (χ4n) is 5.21. The molecule has 1 aromatic heterocycles. The van der Waals surface area contributed by atoms with Gasteiger partial charge in [0.05, 0.1) is 12.2 Å². The minimum absolute atomic E-state index is 0.357. The van der Waals surface area contributed by atoms with Gasteiger partial charge in [0, 0.05) is 29.7 Å². The molecule has 5 nitrogen and oxygen atoms in total. The molecule has 2 aromatic carbocycles. The van der Waals surface area contributed by atoms with Crippen LogP contribution in [0, 0.1) is 3.28 Å². The molecule has 1 aliphatic heterocycles. The van der Waals surface area contributed by atoms with Crippen LogP contribution < -0.4 is 15.9 Å². The number of fused-ring (bicyclic) bond motifs is 2. The number of nitrogens with zero attached hydrogens (tertiary/aromatic N) is 3. The van der Waals surface area contributed by atoms with Crippen LogP contribution >= 0.6 is 20.7 Å². The van der Waals surface area contributed by atoms with Crippen molar-refractivity contribution in [3.63, 3.8) is 0 Å². The Balaban J connectivity index is 1.08. The fourth-order valence-corrected chi connectivity index (χ4v) is 7.77. The molecule has 3 aliphatic rings. The third kappa shape index (κ3) is 4.68. The highest BCUT2D eigenvalue weighted by Gasteiger charge is 2.20. The summed E-state index contributed by atoms with van der Waals surface area (Å²) in [5.74, 6) is 0. The number of nitrogens with one attached hydrogen (secondary N) is 2. The molecule has 0 radical (unpaired) electrons. The topological polar surface area (TPSA) is 54.2 Å². The smallest absolute Gasteiger partial charge is 0.165 e. The molecule has 2 heterocycles. The van der Waals surface area contributed by atoms with Crippen LogP contribution in [-0.4, -0.2) is 19.7 Å². The van der Waals surface area contributed by atoms with Crippen molar-refractivity contribution >= 4 is 36.5 Å². The van der Waals surface area contributed by atoms with Crippen LogP contribution in [0.1, 0.15) is 54.8 Å². The highest BCUT2D eigenvalue weighted by molar-refractivity contribution is 14.2. The van der Waals surface area contributed by atoms with Crippen LogP contribution in [0.15, 0.2) is 59.7 Å². The molecule has 0 bridgehead atoms. The summed E-state index contributed by atoms with van der Waals surface area (Å²) in [6, 6.07) is 18.7. The minimum atomic E-state index is -0.357. The van der Waals surface area contributed by atoms with E-state index in [0.29, 0.717) is 12.1 Å². The summed E-state index contributed by atoms with van der Waals surface area (Å²) in [5.41, 5.74) is 5.43. The zero-order valence-electron chi connectivity index (χ0n) is 18.8. The van der Waals surface area contributed by atoms with Crippen molar-refractivity contribution in [2.75, 3.05) is 5.32 Å². The zero-order valence-corrected chi connectivity index (χ0v) is 21.0. The normalized spacial score (nSPS) is 18.4. The predicted molar refractivity (Wildman–Crippen MR) is 143 cm³/mol. The van der Waals surface area contributed by atoms with E-state index in [1.165, 1.54) is 57.3 Å². The summed E-state index contributed by atoms with van der Waals surface area (Å²) in [5, 5.41) is 13.3. The largest absolute Gasteiger partial charge is 0.335 e. The van der Waals surface area contributed by atoms with Gasteiger partial charge in [-0.2, -0.15) is 5.10 Å². The molecule has 170 valence electrons. The molecule has 1 fully saturated rings. The van der Waals surface area contributed by atoms with Gasteiger partial charge in [0.1, 0.15) is 3.28 Å². The van der Waals surface area contributed by atoms with Gasteiger partial charge in [-0.25, -0.2) is 4.99 Å². The number of benzene rings is 2. The van der Waals surface area contributed by atoms with Crippen LogP contribution in [0.5, 0.6) is 0 Å². The van der Waals surface area contributed by atoms with Crippen LogP contribution in [0.25, 0.3) is 6.20 Å². The molecule has 3 aromatic rings. The molecule has 0 unspecified atom stereocenters. The van der Waals surface area contributed by atoms with Gasteiger partial charge in [0.25, 0.3) is 0 Å². The van der Waals surface area contributed by atoms with Crippen LogP contribution in [0.2, 0.25) is 0 Å². The van der Waals surface area contributed by atoms with E-state index in [1.807, 2.05) is 12.4 Å². The van der Waals surface area contributed by atoms with E-state index in [4.69, 9.17) is 10.1 Å². The lowest BCUT2D eigenvalue weighted by Crippen LogP contribution is -2.28. The van der Waals surface area contributed by atoms with Crippen molar-refractivity contribution in [2.24, 2.45) is 4.99 Å². The number of anilines is 1. The summed E-state index contributed by atoms with van der Waals surface area (Å²) in [6.45, 7) is 0.907. The molecular weight excluding hydrogens is 521 g/mol. The zero-order chi connectivity index (χ0) is 22.0. The first-order valence-electron chi connectivity index (χ1n) is 12.1. The Morgan fingerprint density at radius 1 is 0.939 bits per heavy atom. The first kappa shape index (κ1) is 21.2. The SMILES string of the molecule is C1=c2cnn(C3CCCCC3)c2=IC(Nc2ccc(CNC3Cc4ccccc4C3)cc2)=N1. The van der Waals surface area contributed by atoms with Crippen molar-refractivity contribution in [3.8, 4) is 0 Å². The lowest BCUT2D eigenvalue weighted by atomic mass is 9.96. The average molecular weight is 551 g/mol. The van der Waals surface area contributed by atoms with Crippen LogP contribution in [-0.2, 0) is 19.4 Å². The van der Waals surface area contributed by atoms with Crippen molar-refractivity contribution in [3.05, 3.63) is 79.9 Å². The van der Waals surface area contributed by atoms with Crippen molar-refractivity contribution in [1.29, 1.82) is 0 Å². The summed E-state index contributed by atoms with van der Waals surface area (Å²) < 4.78 is 4.84. The molecule has 0 amide bonds. The highest BCUT2D eigenvalue weighted by atomic mass is 127. The van der Waals surface area contributed by atoms with Gasteiger partial charge in [-0.15, -0.1) is 0 Å². The number of hydrogen-bond acceptors (Lipinski definition) is 4. The van der Waals surface area contributed by atoms with E-state index in [2.05, 4.69) is 63.8 Å². The average Bonchev–Trinajstić information content (AvgIpc) is 3.48. The second kappa shape index (κ2) is 9.50. The summed E-state index contributed by atoms with van der Waals surface area (Å²) in [6.07, 6.45) is 12.8. The standard InChI is InChI=1S/C27H30IN5/c1-2-8-25(9-3-1)33-26-22(18-31-33)17-30-27(28-26)32-23-12-10-19(11-13-23)16-29-24-14-20-6-4-5-7-21(20)15-24/h4-7,10-13,17-18,24-25,29H,1-3,8-9,14-16H2,(H,30,32). The number of halogens is 1. The maximum Gasteiger partial charge on any atom is 0.165 e. The first-order valence-corrected chi connectivity index (χ1v) is 14.3. The number of rotatable bonds is 5. The molecule has 2 N–H and O–H groups in total. The molecule has 0 spiro atoms. The third-order valence-electron chi connectivity index (χ3n) is 7.02. The van der Waals surface area contributed by atoms with Gasteiger partial charge in [-0.1, -0.05) is 55.7 Å². The summed E-state index contributed by atoms with van der Waals surface area (Å²) >= 11 is -0.357. The van der Waals surface area contributed by atoms with E-state index in [1.54, 1.807) is 0 Å². The fraction of sp³-hybridized carbons (Fsp3) is 0.370. The van der Waals surface area contributed by atoms with Crippen molar-refractivity contribution in [1.82, 2.24) is 15.1 Å². The lowest BCUT2D eigenvalue weighted by molar-refractivity contribution is 0.327. The summed E-state index contributed by atoms with van der Waals surface area (Å²) in [4.78, 5) is 4.72. The maximum absolute atomic E-state index is 4.75. The third-order valence-corrected chi connectivity index (χ3v) is 9.71. The van der Waals surface area contributed by atoms with Crippen LogP contribution in [0.3, 0.4) is 0 Å². The molecular formula is C27H30IN5. The monoisotopic (exact) mass is 551 g/mol. The minimum Gasteiger partial charge on any atom is -0.335 e. The molecule has 33 heavy (non-hydrogen) atoms. The van der Waals surface area contributed by atoms with Crippen molar-refractivity contribution in [2.45, 2.75) is 63.6 Å².